The Hall–Kier alpha value is -0.650. The number of aliphatic hydroxyl groups excluding tert-OH is 1. The van der Waals surface area contributed by atoms with Crippen LogP contribution < -0.4 is 10.9 Å². The van der Waals surface area contributed by atoms with Crippen molar-refractivity contribution in [1.82, 2.24) is 10.9 Å². The van der Waals surface area contributed by atoms with Gasteiger partial charge in [0.2, 0.25) is 0 Å². The van der Waals surface area contributed by atoms with E-state index in [4.69, 9.17) is 10.2 Å². The highest BCUT2D eigenvalue weighted by Crippen LogP contribution is 1.96. The van der Waals surface area contributed by atoms with Gasteiger partial charge < -0.3 is 10.2 Å². The summed E-state index contributed by atoms with van der Waals surface area (Å²) >= 11 is 0. The smallest absolute Gasteiger partial charge is 0.324 e. The van der Waals surface area contributed by atoms with Crippen molar-refractivity contribution in [3.8, 4) is 0 Å². The molecule has 0 bridgehead atoms. The fraction of sp³-hybridized carbons (Fsp3) is 0.889. The molecule has 0 aromatic heterocycles. The van der Waals surface area contributed by atoms with Gasteiger partial charge in [0, 0.05) is 6.54 Å². The monoisotopic (exact) mass is 204 g/mol. The molecule has 0 rings (SSSR count). The van der Waals surface area contributed by atoms with Crippen LogP contribution in [0.2, 0.25) is 0 Å². The van der Waals surface area contributed by atoms with Crippen LogP contribution in [0.25, 0.3) is 0 Å². The van der Waals surface area contributed by atoms with E-state index < -0.39 is 18.6 Å². The number of carbonyl (C=O) groups is 1. The Kier molecular flexibility index (Phi) is 8.51. The van der Waals surface area contributed by atoms with Crippen LogP contribution in [0, 0.1) is 0 Å². The van der Waals surface area contributed by atoms with Crippen molar-refractivity contribution in [2.75, 3.05) is 13.2 Å². The number of unbranched alkanes of at least 4 members (excludes halogenated alkanes) is 3. The van der Waals surface area contributed by atoms with E-state index >= 15 is 0 Å². The molecule has 0 heterocycles. The van der Waals surface area contributed by atoms with Crippen LogP contribution in [0.5, 0.6) is 0 Å². The van der Waals surface area contributed by atoms with E-state index in [-0.39, 0.29) is 0 Å². The van der Waals surface area contributed by atoms with Gasteiger partial charge >= 0.3 is 5.97 Å². The van der Waals surface area contributed by atoms with Gasteiger partial charge in [0.25, 0.3) is 0 Å². The maximum absolute atomic E-state index is 10.4. The fourth-order valence-corrected chi connectivity index (χ4v) is 1.02. The van der Waals surface area contributed by atoms with E-state index in [1.807, 2.05) is 0 Å². The van der Waals surface area contributed by atoms with Gasteiger partial charge in [0.05, 0.1) is 6.61 Å². The van der Waals surface area contributed by atoms with Gasteiger partial charge in [-0.2, -0.15) is 0 Å². The van der Waals surface area contributed by atoms with Crippen molar-refractivity contribution < 1.29 is 15.0 Å². The molecule has 0 saturated carbocycles. The third-order valence-corrected chi connectivity index (χ3v) is 1.91. The van der Waals surface area contributed by atoms with E-state index in [9.17, 15) is 4.79 Å². The van der Waals surface area contributed by atoms with Crippen LogP contribution in [-0.2, 0) is 4.79 Å². The molecular weight excluding hydrogens is 184 g/mol. The predicted molar refractivity (Wildman–Crippen MR) is 53.8 cm³/mol. The minimum absolute atomic E-state index is 0.405. The minimum atomic E-state index is -1.05. The lowest BCUT2D eigenvalue weighted by Gasteiger charge is -2.12. The Morgan fingerprint density at radius 3 is 2.57 bits per heavy atom. The summed E-state index contributed by atoms with van der Waals surface area (Å²) in [6.45, 7) is 2.46. The van der Waals surface area contributed by atoms with Crippen LogP contribution in [0.4, 0.5) is 0 Å². The van der Waals surface area contributed by atoms with E-state index in [0.29, 0.717) is 0 Å². The van der Waals surface area contributed by atoms with Gasteiger partial charge in [-0.3, -0.25) is 10.2 Å². The number of aliphatic carboxylic acids is 1. The van der Waals surface area contributed by atoms with Crippen LogP contribution in [0.15, 0.2) is 0 Å². The number of hydrogen-bond acceptors (Lipinski definition) is 4. The highest BCUT2D eigenvalue weighted by Gasteiger charge is 2.13. The van der Waals surface area contributed by atoms with Gasteiger partial charge in [-0.05, 0) is 6.42 Å². The number of carboxylic acid groups (broad SMARTS) is 1. The van der Waals surface area contributed by atoms with E-state index in [0.717, 1.165) is 19.4 Å². The first-order chi connectivity index (χ1) is 6.72. The van der Waals surface area contributed by atoms with Crippen LogP contribution in [0.1, 0.15) is 32.6 Å². The fourth-order valence-electron chi connectivity index (χ4n) is 1.02. The van der Waals surface area contributed by atoms with Gasteiger partial charge in [0.15, 0.2) is 0 Å². The van der Waals surface area contributed by atoms with Gasteiger partial charge in [0.1, 0.15) is 6.04 Å². The molecule has 4 N–H and O–H groups in total. The maximum Gasteiger partial charge on any atom is 0.324 e. The molecular formula is C9H20N2O3. The highest BCUT2D eigenvalue weighted by atomic mass is 16.4. The summed E-state index contributed by atoms with van der Waals surface area (Å²) < 4.78 is 0. The molecule has 0 spiro atoms. The zero-order valence-electron chi connectivity index (χ0n) is 8.62. The molecule has 0 aliphatic carbocycles. The standard InChI is InChI=1S/C9H20N2O3/c1-2-3-4-5-6-10-11-8(7-12)9(13)14/h8,10-12H,2-7H2,1H3,(H,13,14)/t8-/m0/s1. The predicted octanol–water partition coefficient (Wildman–Crippen LogP) is 0.106. The lowest BCUT2D eigenvalue weighted by Crippen LogP contribution is -2.47. The van der Waals surface area contributed by atoms with E-state index in [1.54, 1.807) is 0 Å². The van der Waals surface area contributed by atoms with Crippen molar-refractivity contribution in [1.29, 1.82) is 0 Å². The summed E-state index contributed by atoms with van der Waals surface area (Å²) in [7, 11) is 0. The molecule has 0 aromatic rings. The number of hydrogen-bond donors (Lipinski definition) is 4. The molecule has 0 unspecified atom stereocenters. The molecule has 0 amide bonds. The van der Waals surface area contributed by atoms with E-state index in [1.165, 1.54) is 12.8 Å². The zero-order chi connectivity index (χ0) is 10.8. The van der Waals surface area contributed by atoms with Gasteiger partial charge in [-0.15, -0.1) is 0 Å². The van der Waals surface area contributed by atoms with Crippen LogP contribution in [0.3, 0.4) is 0 Å². The molecule has 0 aromatic carbocycles. The summed E-state index contributed by atoms with van der Waals surface area (Å²) in [5, 5.41) is 17.2. The normalized spacial score (nSPS) is 12.7. The second-order valence-electron chi connectivity index (χ2n) is 3.21. The quantitative estimate of drug-likeness (QED) is 0.316. The molecule has 0 radical (unpaired) electrons. The van der Waals surface area contributed by atoms with Gasteiger partial charge in [-0.25, -0.2) is 5.43 Å². The zero-order valence-corrected chi connectivity index (χ0v) is 8.62. The lowest BCUT2D eigenvalue weighted by molar-refractivity contribution is -0.140. The second kappa shape index (κ2) is 8.93. The number of aliphatic hydroxyl groups is 1. The van der Waals surface area contributed by atoms with Crippen molar-refractivity contribution >= 4 is 5.97 Å². The average molecular weight is 204 g/mol. The topological polar surface area (TPSA) is 81.6 Å². The van der Waals surface area contributed by atoms with Gasteiger partial charge in [-0.1, -0.05) is 26.2 Å². The number of rotatable bonds is 9. The second-order valence-corrected chi connectivity index (χ2v) is 3.21. The Morgan fingerprint density at radius 2 is 2.07 bits per heavy atom. The molecule has 5 nitrogen and oxygen atoms in total. The van der Waals surface area contributed by atoms with Crippen LogP contribution in [-0.4, -0.2) is 35.4 Å². The third kappa shape index (κ3) is 6.82. The van der Waals surface area contributed by atoms with E-state index in [2.05, 4.69) is 17.8 Å². The maximum atomic E-state index is 10.4. The van der Waals surface area contributed by atoms with Crippen molar-refractivity contribution in [2.45, 2.75) is 38.6 Å². The Labute approximate surface area is 84.5 Å². The Morgan fingerprint density at radius 1 is 1.36 bits per heavy atom. The lowest BCUT2D eigenvalue weighted by atomic mass is 10.2. The Bertz CT molecular complexity index is 153. The molecule has 14 heavy (non-hydrogen) atoms. The first-order valence-corrected chi connectivity index (χ1v) is 5.04. The summed E-state index contributed by atoms with van der Waals surface area (Å²) in [6, 6.07) is -0.916. The molecule has 0 aliphatic heterocycles. The van der Waals surface area contributed by atoms with Crippen molar-refractivity contribution in [2.24, 2.45) is 0 Å². The summed E-state index contributed by atoms with van der Waals surface area (Å²) in [6.07, 6.45) is 4.53. The first kappa shape index (κ1) is 13.4. The Balaban J connectivity index is 3.29. The third-order valence-electron chi connectivity index (χ3n) is 1.91. The van der Waals surface area contributed by atoms with Crippen LogP contribution >= 0.6 is 0 Å². The number of carboxylic acids is 1. The average Bonchev–Trinajstić information content (AvgIpc) is 2.16. The van der Waals surface area contributed by atoms with Crippen molar-refractivity contribution in [3.63, 3.8) is 0 Å². The molecule has 0 fully saturated rings. The molecule has 0 saturated heterocycles. The molecule has 84 valence electrons. The number of nitrogens with one attached hydrogen (secondary N) is 2. The molecule has 1 atom stereocenters. The molecule has 0 aliphatic rings. The van der Waals surface area contributed by atoms with Crippen molar-refractivity contribution in [3.05, 3.63) is 0 Å². The summed E-state index contributed by atoms with van der Waals surface area (Å²) in [5.74, 6) is -1.05. The highest BCUT2D eigenvalue weighted by molar-refractivity contribution is 5.73. The summed E-state index contributed by atoms with van der Waals surface area (Å²) in [4.78, 5) is 10.4. The number of hydrazine groups is 1. The minimum Gasteiger partial charge on any atom is -0.480 e. The largest absolute Gasteiger partial charge is 0.480 e. The first-order valence-electron chi connectivity index (χ1n) is 5.04. The SMILES string of the molecule is CCCCCCNN[C@@H](CO)C(=O)O. The summed E-state index contributed by atoms with van der Waals surface area (Å²) in [5.41, 5.74) is 5.33. The molecule has 5 heteroatoms.